The van der Waals surface area contributed by atoms with Crippen LogP contribution in [0.15, 0.2) is 5.10 Å². The second-order valence-electron chi connectivity index (χ2n) is 4.11. The van der Waals surface area contributed by atoms with Crippen LogP contribution < -0.4 is 16.1 Å². The number of nitrogens with zero attached hydrogens (tertiary/aromatic N) is 1. The first-order valence-corrected chi connectivity index (χ1v) is 5.58. The molecule has 0 aromatic rings. The minimum Gasteiger partial charge on any atom is -0.354 e. The number of hydrogen-bond donors (Lipinski definition) is 3. The van der Waals surface area contributed by atoms with Crippen molar-refractivity contribution >= 4 is 23.4 Å². The van der Waals surface area contributed by atoms with E-state index in [2.05, 4.69) is 21.2 Å². The molecule has 0 radical (unpaired) electrons. The fraction of sp³-hybridized carbons (Fsp3) is 0.600. The van der Waals surface area contributed by atoms with Crippen molar-refractivity contribution in [3.05, 3.63) is 0 Å². The lowest BCUT2D eigenvalue weighted by Crippen LogP contribution is -2.50. The smallest absolute Gasteiger partial charge is 0.267 e. The van der Waals surface area contributed by atoms with Gasteiger partial charge in [0.1, 0.15) is 5.71 Å². The normalized spacial score (nSPS) is 24.5. The Balaban J connectivity index is 1.85. The summed E-state index contributed by atoms with van der Waals surface area (Å²) in [6, 6.07) is -0.0551. The Morgan fingerprint density at radius 3 is 2.65 bits per heavy atom. The minimum atomic E-state index is -0.272. The number of nitrogens with one attached hydrogen (secondary N) is 3. The molecule has 92 valence electrons. The predicted molar refractivity (Wildman–Crippen MR) is 59.0 cm³/mol. The third-order valence-electron chi connectivity index (χ3n) is 2.77. The fourth-order valence-corrected chi connectivity index (χ4v) is 1.76. The van der Waals surface area contributed by atoms with Gasteiger partial charge in [-0.15, -0.1) is 0 Å². The topological polar surface area (TPSA) is 99.7 Å². The van der Waals surface area contributed by atoms with Crippen molar-refractivity contribution in [3.8, 4) is 0 Å². The maximum Gasteiger partial charge on any atom is 0.267 e. The van der Waals surface area contributed by atoms with Crippen LogP contribution in [0.25, 0.3) is 0 Å². The maximum absolute atomic E-state index is 11.7. The van der Waals surface area contributed by atoms with Gasteiger partial charge >= 0.3 is 0 Å². The average molecular weight is 238 g/mol. The van der Waals surface area contributed by atoms with Crippen molar-refractivity contribution in [1.29, 1.82) is 0 Å². The van der Waals surface area contributed by atoms with Crippen LogP contribution in [0.2, 0.25) is 0 Å². The second-order valence-corrected chi connectivity index (χ2v) is 4.11. The predicted octanol–water partition coefficient (Wildman–Crippen LogP) is -1.35. The van der Waals surface area contributed by atoms with Gasteiger partial charge < -0.3 is 10.6 Å². The molecular formula is C10H14N4O3. The Kier molecular flexibility index (Phi) is 3.36. The van der Waals surface area contributed by atoms with Crippen molar-refractivity contribution in [2.24, 2.45) is 5.10 Å². The van der Waals surface area contributed by atoms with Gasteiger partial charge in [-0.3, -0.25) is 14.4 Å². The van der Waals surface area contributed by atoms with Gasteiger partial charge in [-0.25, -0.2) is 5.43 Å². The van der Waals surface area contributed by atoms with Gasteiger partial charge in [0.05, 0.1) is 0 Å². The highest BCUT2D eigenvalue weighted by Gasteiger charge is 2.23. The highest BCUT2D eigenvalue weighted by molar-refractivity contribution is 6.39. The number of carbonyl (C=O) groups excluding carboxylic acids is 3. The molecule has 0 saturated carbocycles. The molecule has 2 aliphatic rings. The quantitative estimate of drug-likeness (QED) is 0.554. The van der Waals surface area contributed by atoms with E-state index in [-0.39, 0.29) is 30.2 Å². The molecule has 0 spiro atoms. The summed E-state index contributed by atoms with van der Waals surface area (Å²) in [5.74, 6) is -0.435. The Labute approximate surface area is 98.0 Å². The summed E-state index contributed by atoms with van der Waals surface area (Å²) in [5.41, 5.74) is 2.61. The molecule has 1 saturated heterocycles. The van der Waals surface area contributed by atoms with E-state index >= 15 is 0 Å². The lowest BCUT2D eigenvalue weighted by molar-refractivity contribution is -0.124. The molecule has 2 heterocycles. The van der Waals surface area contributed by atoms with E-state index in [0.717, 1.165) is 0 Å². The van der Waals surface area contributed by atoms with Gasteiger partial charge in [0.2, 0.25) is 11.8 Å². The molecule has 2 aliphatic heterocycles. The lowest BCUT2D eigenvalue weighted by Gasteiger charge is -2.24. The van der Waals surface area contributed by atoms with E-state index in [0.29, 0.717) is 31.5 Å². The number of rotatable bonds is 2. The largest absolute Gasteiger partial charge is 0.354 e. The monoisotopic (exact) mass is 238 g/mol. The number of hydrazone groups is 1. The highest BCUT2D eigenvalue weighted by Crippen LogP contribution is 2.04. The van der Waals surface area contributed by atoms with Crippen molar-refractivity contribution in [1.82, 2.24) is 16.1 Å². The summed E-state index contributed by atoms with van der Waals surface area (Å²) in [5, 5.41) is 9.18. The Morgan fingerprint density at radius 2 is 2.06 bits per heavy atom. The van der Waals surface area contributed by atoms with Gasteiger partial charge in [0.25, 0.3) is 5.91 Å². The van der Waals surface area contributed by atoms with Crippen molar-refractivity contribution in [2.45, 2.75) is 31.7 Å². The molecule has 0 aromatic carbocycles. The third-order valence-corrected chi connectivity index (χ3v) is 2.77. The molecule has 2 rings (SSSR count). The van der Waals surface area contributed by atoms with E-state index in [1.165, 1.54) is 0 Å². The molecule has 7 heteroatoms. The molecule has 1 unspecified atom stereocenters. The molecule has 1 atom stereocenters. The Bertz CT molecular complexity index is 381. The summed E-state index contributed by atoms with van der Waals surface area (Å²) in [6.07, 6.45) is 1.70. The zero-order valence-electron chi connectivity index (χ0n) is 9.28. The average Bonchev–Trinajstić information content (AvgIpc) is 2.33. The number of amides is 3. The molecule has 17 heavy (non-hydrogen) atoms. The van der Waals surface area contributed by atoms with Gasteiger partial charge in [0.15, 0.2) is 0 Å². The van der Waals surface area contributed by atoms with E-state index in [1.807, 2.05) is 0 Å². The van der Waals surface area contributed by atoms with E-state index in [4.69, 9.17) is 0 Å². The Morgan fingerprint density at radius 1 is 1.24 bits per heavy atom. The molecular weight excluding hydrogens is 224 g/mol. The summed E-state index contributed by atoms with van der Waals surface area (Å²) >= 11 is 0. The van der Waals surface area contributed by atoms with Crippen LogP contribution in [0.5, 0.6) is 0 Å². The first-order chi connectivity index (χ1) is 8.15. The lowest BCUT2D eigenvalue weighted by atomic mass is 10.1. The van der Waals surface area contributed by atoms with Gasteiger partial charge in [-0.05, 0) is 6.42 Å². The molecule has 7 nitrogen and oxygen atoms in total. The Hall–Kier alpha value is -1.92. The number of carbonyl (C=O) groups is 3. The van der Waals surface area contributed by atoms with E-state index < -0.39 is 0 Å². The fourth-order valence-electron chi connectivity index (χ4n) is 1.76. The van der Waals surface area contributed by atoms with Crippen molar-refractivity contribution < 1.29 is 14.4 Å². The SMILES string of the molecule is O=C1CCC(NC(=O)C2=NNC(=O)CC2)CN1. The van der Waals surface area contributed by atoms with Crippen molar-refractivity contribution in [3.63, 3.8) is 0 Å². The molecule has 0 aliphatic carbocycles. The standard InChI is InChI=1S/C10H14N4O3/c15-8-3-1-6(5-11-8)12-10(17)7-2-4-9(16)14-13-7/h6H,1-5H2,(H,11,15)(H,12,17)(H,14,16). The van der Waals surface area contributed by atoms with Crippen LogP contribution in [-0.4, -0.2) is 36.0 Å². The molecule has 0 bridgehead atoms. The van der Waals surface area contributed by atoms with Crippen LogP contribution in [0.3, 0.4) is 0 Å². The zero-order chi connectivity index (χ0) is 12.3. The molecule has 0 aromatic heterocycles. The van der Waals surface area contributed by atoms with Gasteiger partial charge in [0, 0.05) is 31.8 Å². The molecule has 3 N–H and O–H groups in total. The number of hydrogen-bond acceptors (Lipinski definition) is 4. The summed E-state index contributed by atoms with van der Waals surface area (Å²) in [4.78, 5) is 33.5. The molecule has 3 amide bonds. The van der Waals surface area contributed by atoms with Gasteiger partial charge in [-0.1, -0.05) is 0 Å². The number of piperidine rings is 1. The maximum atomic E-state index is 11.7. The summed E-state index contributed by atoms with van der Waals surface area (Å²) < 4.78 is 0. The van der Waals surface area contributed by atoms with Crippen LogP contribution >= 0.6 is 0 Å². The van der Waals surface area contributed by atoms with Crippen LogP contribution in [0.4, 0.5) is 0 Å². The summed E-state index contributed by atoms with van der Waals surface area (Å²) in [7, 11) is 0. The van der Waals surface area contributed by atoms with Crippen LogP contribution in [-0.2, 0) is 14.4 Å². The highest BCUT2D eigenvalue weighted by atomic mass is 16.2. The minimum absolute atomic E-state index is 0.0118. The van der Waals surface area contributed by atoms with E-state index in [9.17, 15) is 14.4 Å². The van der Waals surface area contributed by atoms with Crippen molar-refractivity contribution in [2.75, 3.05) is 6.54 Å². The first-order valence-electron chi connectivity index (χ1n) is 5.58. The summed E-state index contributed by atoms with van der Waals surface area (Å²) in [6.45, 7) is 0.449. The zero-order valence-corrected chi connectivity index (χ0v) is 9.28. The van der Waals surface area contributed by atoms with E-state index in [1.54, 1.807) is 0 Å². The van der Waals surface area contributed by atoms with Gasteiger partial charge in [-0.2, -0.15) is 5.10 Å². The first kappa shape index (κ1) is 11.6. The molecule has 1 fully saturated rings. The second kappa shape index (κ2) is 4.94. The van der Waals surface area contributed by atoms with Crippen LogP contribution in [0, 0.1) is 0 Å². The third kappa shape index (κ3) is 3.02. The van der Waals surface area contributed by atoms with Crippen LogP contribution in [0.1, 0.15) is 25.7 Å².